The van der Waals surface area contributed by atoms with Crippen molar-refractivity contribution >= 4 is 0 Å². The van der Waals surface area contributed by atoms with Crippen molar-refractivity contribution in [3.05, 3.63) is 35.9 Å². The van der Waals surface area contributed by atoms with E-state index in [1.54, 1.807) is 0 Å². The van der Waals surface area contributed by atoms with Crippen LogP contribution in [0, 0.1) is 0 Å². The van der Waals surface area contributed by atoms with Gasteiger partial charge in [0.05, 0.1) is 12.2 Å². The van der Waals surface area contributed by atoms with Crippen molar-refractivity contribution in [2.45, 2.75) is 37.3 Å². The molecule has 0 radical (unpaired) electrons. The lowest BCUT2D eigenvalue weighted by molar-refractivity contribution is -0.0435. The number of rotatable bonds is 6. The van der Waals surface area contributed by atoms with Crippen LogP contribution in [0.2, 0.25) is 0 Å². The number of nitrogens with zero attached hydrogens (tertiary/aromatic N) is 2. The normalized spacial score (nSPS) is 24.6. The third-order valence-corrected chi connectivity index (χ3v) is 5.58. The Labute approximate surface area is 139 Å². The van der Waals surface area contributed by atoms with E-state index < -0.39 is 0 Å². The molecule has 0 bridgehead atoms. The number of hydrogen-bond donors (Lipinski definition) is 0. The van der Waals surface area contributed by atoms with Gasteiger partial charge in [0.15, 0.2) is 0 Å². The Hall–Kier alpha value is -0.970. The van der Waals surface area contributed by atoms with Gasteiger partial charge in [-0.2, -0.15) is 0 Å². The van der Waals surface area contributed by atoms with Crippen LogP contribution < -0.4 is 0 Å². The lowest BCUT2D eigenvalue weighted by Gasteiger charge is -2.39. The third-order valence-electron chi connectivity index (χ3n) is 5.58. The van der Waals surface area contributed by atoms with Crippen LogP contribution in [0.3, 0.4) is 0 Å². The molecule has 0 aromatic heterocycles. The molecule has 0 N–H and O–H groups in total. The lowest BCUT2D eigenvalue weighted by atomic mass is 9.87. The van der Waals surface area contributed by atoms with Crippen molar-refractivity contribution in [3.63, 3.8) is 0 Å². The molecule has 2 heterocycles. The maximum Gasteiger partial charge on any atom is 0.102 e. The molecule has 1 unspecified atom stereocenters. The molecule has 0 aliphatic carbocycles. The van der Waals surface area contributed by atoms with Crippen LogP contribution in [0.5, 0.6) is 0 Å². The molecule has 3 rings (SSSR count). The number of ether oxygens (including phenoxy) is 1. The van der Waals surface area contributed by atoms with Gasteiger partial charge in [0, 0.05) is 32.2 Å². The molecule has 23 heavy (non-hydrogen) atoms. The zero-order chi connectivity index (χ0) is 16.1. The van der Waals surface area contributed by atoms with Gasteiger partial charge in [-0.1, -0.05) is 30.3 Å². The van der Waals surface area contributed by atoms with E-state index in [9.17, 15) is 4.39 Å². The summed E-state index contributed by atoms with van der Waals surface area (Å²) < 4.78 is 18.7. The fourth-order valence-corrected chi connectivity index (χ4v) is 3.88. The van der Waals surface area contributed by atoms with Crippen molar-refractivity contribution in [1.29, 1.82) is 0 Å². The first-order valence-electron chi connectivity index (χ1n) is 8.87. The number of benzene rings is 1. The maximum absolute atomic E-state index is 12.5. The summed E-state index contributed by atoms with van der Waals surface area (Å²) in [5.41, 5.74) is 1.47. The Morgan fingerprint density at radius 2 is 2.00 bits per heavy atom. The largest absolute Gasteiger partial charge is 0.373 e. The zero-order valence-electron chi connectivity index (χ0n) is 14.2. The van der Waals surface area contributed by atoms with Crippen molar-refractivity contribution in [3.8, 4) is 0 Å². The van der Waals surface area contributed by atoms with Gasteiger partial charge in [0.2, 0.25) is 0 Å². The zero-order valence-corrected chi connectivity index (χ0v) is 14.2. The molecule has 2 aliphatic heterocycles. The molecule has 4 heteroatoms. The SMILES string of the molecule is CN(CCF)C1COC2(CCN(CCc3ccccc3)CC2)C1. The molecular formula is C19H29FN2O. The predicted molar refractivity (Wildman–Crippen MR) is 91.5 cm³/mol. The first-order chi connectivity index (χ1) is 11.2. The quantitative estimate of drug-likeness (QED) is 0.801. The summed E-state index contributed by atoms with van der Waals surface area (Å²) in [4.78, 5) is 4.68. The number of hydrogen-bond acceptors (Lipinski definition) is 3. The first-order valence-corrected chi connectivity index (χ1v) is 8.87. The van der Waals surface area contributed by atoms with E-state index in [0.717, 1.165) is 51.9 Å². The van der Waals surface area contributed by atoms with Gasteiger partial charge in [0.1, 0.15) is 6.67 Å². The van der Waals surface area contributed by atoms with Gasteiger partial charge in [-0.25, -0.2) is 4.39 Å². The summed E-state index contributed by atoms with van der Waals surface area (Å²) in [6.07, 6.45) is 4.41. The molecule has 1 spiro atoms. The first kappa shape index (κ1) is 16.9. The Balaban J connectivity index is 1.43. The number of likely N-dealkylation sites (N-methyl/N-ethyl adjacent to an activating group) is 1. The smallest absolute Gasteiger partial charge is 0.102 e. The molecule has 1 aromatic carbocycles. The molecule has 0 saturated carbocycles. The van der Waals surface area contributed by atoms with Crippen molar-refractivity contribution in [2.24, 2.45) is 0 Å². The average molecular weight is 320 g/mol. The summed E-state index contributed by atoms with van der Waals surface area (Å²) in [6, 6.07) is 11.1. The topological polar surface area (TPSA) is 15.7 Å². The summed E-state index contributed by atoms with van der Waals surface area (Å²) in [7, 11) is 2.02. The predicted octanol–water partition coefficient (Wildman–Crippen LogP) is 2.75. The van der Waals surface area contributed by atoms with Crippen LogP contribution in [0.1, 0.15) is 24.8 Å². The van der Waals surface area contributed by atoms with E-state index in [0.29, 0.717) is 12.6 Å². The highest BCUT2D eigenvalue weighted by Crippen LogP contribution is 2.37. The van der Waals surface area contributed by atoms with E-state index >= 15 is 0 Å². The molecule has 128 valence electrons. The minimum atomic E-state index is -0.271. The van der Waals surface area contributed by atoms with E-state index in [-0.39, 0.29) is 12.3 Å². The minimum absolute atomic E-state index is 0.0541. The molecule has 2 saturated heterocycles. The Kier molecular flexibility index (Phi) is 5.67. The monoisotopic (exact) mass is 320 g/mol. The van der Waals surface area contributed by atoms with E-state index in [1.807, 2.05) is 7.05 Å². The Morgan fingerprint density at radius 1 is 1.26 bits per heavy atom. The second-order valence-electron chi connectivity index (χ2n) is 7.10. The second-order valence-corrected chi connectivity index (χ2v) is 7.10. The van der Waals surface area contributed by atoms with Gasteiger partial charge >= 0.3 is 0 Å². The molecule has 2 fully saturated rings. The standard InChI is InChI=1S/C19H29FN2O/c1-21(14-10-20)18-15-19(23-16-18)8-12-22(13-9-19)11-7-17-5-3-2-4-6-17/h2-6,18H,7-16H2,1H3. The van der Waals surface area contributed by atoms with Gasteiger partial charge in [-0.3, -0.25) is 4.90 Å². The van der Waals surface area contributed by atoms with Crippen LogP contribution in [0.4, 0.5) is 4.39 Å². The fourth-order valence-electron chi connectivity index (χ4n) is 3.88. The van der Waals surface area contributed by atoms with Crippen LogP contribution >= 0.6 is 0 Å². The Bertz CT molecular complexity index is 474. The minimum Gasteiger partial charge on any atom is -0.373 e. The highest BCUT2D eigenvalue weighted by Gasteiger charge is 2.43. The molecule has 1 atom stereocenters. The van der Waals surface area contributed by atoms with Crippen LogP contribution in [0.15, 0.2) is 30.3 Å². The van der Waals surface area contributed by atoms with E-state index in [2.05, 4.69) is 40.1 Å². The molecular weight excluding hydrogens is 291 g/mol. The molecule has 3 nitrogen and oxygen atoms in total. The number of piperidine rings is 1. The summed E-state index contributed by atoms with van der Waals surface area (Å²) in [6.45, 7) is 4.38. The lowest BCUT2D eigenvalue weighted by Crippen LogP contribution is -2.45. The van der Waals surface area contributed by atoms with Gasteiger partial charge in [-0.05, 0) is 38.3 Å². The molecule has 2 aliphatic rings. The van der Waals surface area contributed by atoms with E-state index in [4.69, 9.17) is 4.74 Å². The van der Waals surface area contributed by atoms with Crippen molar-refractivity contribution in [1.82, 2.24) is 9.80 Å². The van der Waals surface area contributed by atoms with Gasteiger partial charge in [-0.15, -0.1) is 0 Å². The third kappa shape index (κ3) is 4.31. The summed E-state index contributed by atoms with van der Waals surface area (Å²) in [5, 5.41) is 0. The highest BCUT2D eigenvalue weighted by molar-refractivity contribution is 5.15. The second kappa shape index (κ2) is 7.73. The summed E-state index contributed by atoms with van der Waals surface area (Å²) >= 11 is 0. The highest BCUT2D eigenvalue weighted by atomic mass is 19.1. The van der Waals surface area contributed by atoms with Gasteiger partial charge in [0.25, 0.3) is 0 Å². The number of halogens is 1. The van der Waals surface area contributed by atoms with Gasteiger partial charge < -0.3 is 9.64 Å². The maximum atomic E-state index is 12.5. The van der Waals surface area contributed by atoms with Crippen molar-refractivity contribution in [2.75, 3.05) is 46.5 Å². The average Bonchev–Trinajstić information content (AvgIpc) is 3.00. The number of alkyl halides is 1. The van der Waals surface area contributed by atoms with Crippen LogP contribution in [0.25, 0.3) is 0 Å². The molecule has 0 amide bonds. The van der Waals surface area contributed by atoms with Crippen LogP contribution in [-0.4, -0.2) is 68.0 Å². The fraction of sp³-hybridized carbons (Fsp3) is 0.684. The van der Waals surface area contributed by atoms with Crippen LogP contribution in [-0.2, 0) is 11.2 Å². The van der Waals surface area contributed by atoms with E-state index in [1.165, 1.54) is 5.56 Å². The number of likely N-dealkylation sites (tertiary alicyclic amines) is 1. The Morgan fingerprint density at radius 3 is 2.70 bits per heavy atom. The molecule has 1 aromatic rings. The summed E-state index contributed by atoms with van der Waals surface area (Å²) in [5.74, 6) is 0. The van der Waals surface area contributed by atoms with Crippen molar-refractivity contribution < 1.29 is 9.13 Å².